The van der Waals surface area contributed by atoms with Gasteiger partial charge in [0.05, 0.1) is 80.4 Å². The fourth-order valence-corrected chi connectivity index (χ4v) is 7.97. The summed E-state index contributed by atoms with van der Waals surface area (Å²) < 4.78 is 18.7. The summed E-state index contributed by atoms with van der Waals surface area (Å²) in [4.78, 5) is 72.7. The van der Waals surface area contributed by atoms with Crippen LogP contribution in [0, 0.1) is 5.92 Å². The van der Waals surface area contributed by atoms with Gasteiger partial charge in [-0.2, -0.15) is 5.10 Å². The van der Waals surface area contributed by atoms with Gasteiger partial charge in [-0.15, -0.1) is 0 Å². The van der Waals surface area contributed by atoms with Crippen molar-refractivity contribution in [1.29, 1.82) is 0 Å². The third-order valence-corrected chi connectivity index (χ3v) is 11.5. The molecule has 1 aromatic carbocycles. The van der Waals surface area contributed by atoms with Crippen LogP contribution in [0.1, 0.15) is 77.8 Å². The van der Waals surface area contributed by atoms with E-state index in [0.717, 1.165) is 48.3 Å². The van der Waals surface area contributed by atoms with Crippen LogP contribution in [0.4, 0.5) is 11.6 Å². The molecule has 3 fully saturated rings. The molecule has 1 atom stereocenters. The van der Waals surface area contributed by atoms with Crippen LogP contribution in [0.3, 0.4) is 0 Å². The van der Waals surface area contributed by atoms with Crippen molar-refractivity contribution in [1.82, 2.24) is 40.6 Å². The maximum absolute atomic E-state index is 13.2. The Balaban J connectivity index is 0.688. The molecule has 3 aromatic rings. The van der Waals surface area contributed by atoms with Gasteiger partial charge in [0.2, 0.25) is 23.7 Å². The fraction of sp³-hybridized carbons (Fsp3) is 0.561. The second-order valence-corrected chi connectivity index (χ2v) is 15.9. The number of carbonyl (C=O) groups is 5. The van der Waals surface area contributed by atoms with Crippen molar-refractivity contribution in [2.45, 2.75) is 75.9 Å². The standard InChI is InChI=1S/C41H53ClN10O8/c1-51-33(21-25-5-6-25)29(22-47-51)37-30(42)23-46-41(50-37)48-27-9-7-26(8-10-27)45-24-35(54)44-14-16-59-18-20-60-19-17-58-15-13-43-31-4-2-3-28-36(31)40(57)52(39(28)56)32-11-12-34(53)49-38(32)55/h2-4,22-23,25-27,32,43,45H,5-21,24H2,1H3,(H,44,54)(H,46,48,50)(H,49,53,55). The van der Waals surface area contributed by atoms with Crippen molar-refractivity contribution < 1.29 is 38.2 Å². The van der Waals surface area contributed by atoms with Crippen molar-refractivity contribution in [3.63, 3.8) is 0 Å². The molecule has 2 aliphatic heterocycles. The Morgan fingerprint density at radius 2 is 1.58 bits per heavy atom. The minimum Gasteiger partial charge on any atom is -0.382 e. The predicted octanol–water partition coefficient (Wildman–Crippen LogP) is 2.48. The van der Waals surface area contributed by atoms with Gasteiger partial charge in [0, 0.05) is 55.6 Å². The second kappa shape index (κ2) is 20.5. The van der Waals surface area contributed by atoms with E-state index < -0.39 is 29.7 Å². The molecule has 1 saturated heterocycles. The van der Waals surface area contributed by atoms with E-state index in [2.05, 4.69) is 36.7 Å². The van der Waals surface area contributed by atoms with Crippen LogP contribution in [0.5, 0.6) is 0 Å². The molecule has 60 heavy (non-hydrogen) atoms. The molecule has 5 amide bonds. The van der Waals surface area contributed by atoms with Crippen LogP contribution < -0.4 is 26.6 Å². The minimum absolute atomic E-state index is 0.0599. The Labute approximate surface area is 353 Å². The summed E-state index contributed by atoms with van der Waals surface area (Å²) in [7, 11) is 1.96. The second-order valence-electron chi connectivity index (χ2n) is 15.5. The summed E-state index contributed by atoms with van der Waals surface area (Å²) in [5, 5.41) is 20.1. The maximum atomic E-state index is 13.2. The first kappa shape index (κ1) is 43.1. The van der Waals surface area contributed by atoms with Gasteiger partial charge in [0.1, 0.15) is 6.04 Å². The number of rotatable bonds is 22. The summed E-state index contributed by atoms with van der Waals surface area (Å²) in [5.74, 6) is -0.991. The first-order valence-electron chi connectivity index (χ1n) is 20.8. The highest BCUT2D eigenvalue weighted by atomic mass is 35.5. The number of ether oxygens (including phenoxy) is 3. The number of nitrogens with one attached hydrogen (secondary N) is 5. The Hall–Kier alpha value is -5.01. The number of piperidine rings is 1. The van der Waals surface area contributed by atoms with Gasteiger partial charge in [0.15, 0.2) is 0 Å². The van der Waals surface area contributed by atoms with Crippen LogP contribution in [-0.4, -0.2) is 132 Å². The number of carbonyl (C=O) groups excluding carboxylic acids is 5. The summed E-state index contributed by atoms with van der Waals surface area (Å²) in [5.41, 5.74) is 3.72. The SMILES string of the molecule is Cn1ncc(-c2nc(NC3CCC(NCC(=O)NCCOCCOCCOCCNc4cccc5c4C(=O)N(C4CCC(=O)NC4=O)C5=O)CC3)ncc2Cl)c1CC1CC1. The van der Waals surface area contributed by atoms with E-state index in [-0.39, 0.29) is 48.5 Å². The maximum Gasteiger partial charge on any atom is 0.264 e. The number of halogens is 1. The van der Waals surface area contributed by atoms with E-state index in [4.69, 9.17) is 30.8 Å². The number of anilines is 2. The van der Waals surface area contributed by atoms with Crippen LogP contribution in [0.25, 0.3) is 11.3 Å². The van der Waals surface area contributed by atoms with Crippen LogP contribution >= 0.6 is 11.6 Å². The van der Waals surface area contributed by atoms with Crippen molar-refractivity contribution >= 4 is 52.8 Å². The molecule has 1 unspecified atom stereocenters. The molecule has 4 heterocycles. The number of aromatic nitrogens is 4. The number of benzene rings is 1. The van der Waals surface area contributed by atoms with Gasteiger partial charge in [-0.05, 0) is 69.4 Å². The highest BCUT2D eigenvalue weighted by Crippen LogP contribution is 2.37. The van der Waals surface area contributed by atoms with Crippen LogP contribution in [-0.2, 0) is 42.1 Å². The van der Waals surface area contributed by atoms with E-state index in [1.807, 2.05) is 17.9 Å². The van der Waals surface area contributed by atoms with Gasteiger partial charge >= 0.3 is 0 Å². The van der Waals surface area contributed by atoms with Crippen molar-refractivity contribution in [3.8, 4) is 11.3 Å². The van der Waals surface area contributed by atoms with Gasteiger partial charge in [-0.1, -0.05) is 17.7 Å². The summed E-state index contributed by atoms with van der Waals surface area (Å²) in [6, 6.07) is 4.38. The number of hydrogen-bond acceptors (Lipinski definition) is 14. The molecule has 2 saturated carbocycles. The number of nitrogens with zero attached hydrogens (tertiary/aromatic N) is 5. The molecule has 19 heteroatoms. The Morgan fingerprint density at radius 3 is 2.32 bits per heavy atom. The lowest BCUT2D eigenvalue weighted by Crippen LogP contribution is -2.54. The minimum atomic E-state index is -1.02. The van der Waals surface area contributed by atoms with Crippen LogP contribution in [0.15, 0.2) is 30.6 Å². The first-order valence-corrected chi connectivity index (χ1v) is 21.2. The lowest BCUT2D eigenvalue weighted by Gasteiger charge is -2.29. The van der Waals surface area contributed by atoms with Gasteiger partial charge < -0.3 is 35.5 Å². The summed E-state index contributed by atoms with van der Waals surface area (Å²) in [6.45, 7) is 3.17. The lowest BCUT2D eigenvalue weighted by molar-refractivity contribution is -0.136. The molecule has 7 rings (SSSR count). The largest absolute Gasteiger partial charge is 0.382 e. The van der Waals surface area contributed by atoms with E-state index in [1.54, 1.807) is 24.4 Å². The van der Waals surface area contributed by atoms with Crippen LogP contribution in [0.2, 0.25) is 5.02 Å². The molecule has 0 radical (unpaired) electrons. The number of fused-ring (bicyclic) bond motifs is 1. The summed E-state index contributed by atoms with van der Waals surface area (Å²) in [6.07, 6.45) is 10.9. The molecule has 18 nitrogen and oxygen atoms in total. The van der Waals surface area contributed by atoms with Crippen molar-refractivity contribution in [3.05, 3.63) is 52.4 Å². The van der Waals surface area contributed by atoms with Crippen molar-refractivity contribution in [2.75, 3.05) is 69.9 Å². The topological polar surface area (TPSA) is 220 Å². The lowest BCUT2D eigenvalue weighted by atomic mass is 9.91. The molecule has 2 aliphatic carbocycles. The number of hydrogen-bond donors (Lipinski definition) is 5. The Bertz CT molecular complexity index is 2040. The normalized spacial score (nSPS) is 20.3. The van der Waals surface area contributed by atoms with E-state index in [1.165, 1.54) is 12.8 Å². The molecule has 4 aliphatic rings. The van der Waals surface area contributed by atoms with E-state index >= 15 is 0 Å². The zero-order chi connectivity index (χ0) is 42.0. The molecule has 2 aromatic heterocycles. The Morgan fingerprint density at radius 1 is 0.867 bits per heavy atom. The smallest absolute Gasteiger partial charge is 0.264 e. The van der Waals surface area contributed by atoms with E-state index in [9.17, 15) is 24.0 Å². The third-order valence-electron chi connectivity index (χ3n) is 11.2. The Kier molecular flexibility index (Phi) is 14.7. The number of imide groups is 2. The zero-order valence-corrected chi connectivity index (χ0v) is 34.6. The molecule has 0 bridgehead atoms. The van der Waals surface area contributed by atoms with Gasteiger partial charge in [0.25, 0.3) is 11.8 Å². The molecule has 322 valence electrons. The monoisotopic (exact) mass is 848 g/mol. The molecule has 0 spiro atoms. The quantitative estimate of drug-likeness (QED) is 0.0725. The molecule has 5 N–H and O–H groups in total. The molecular formula is C41H53ClN10O8. The highest BCUT2D eigenvalue weighted by Gasteiger charge is 2.45. The first-order chi connectivity index (χ1) is 29.2. The molecular weight excluding hydrogens is 796 g/mol. The average molecular weight is 849 g/mol. The number of aryl methyl sites for hydroxylation is 1. The van der Waals surface area contributed by atoms with E-state index in [0.29, 0.717) is 81.0 Å². The highest BCUT2D eigenvalue weighted by molar-refractivity contribution is 6.33. The average Bonchev–Trinajstić information content (AvgIpc) is 3.94. The van der Waals surface area contributed by atoms with Gasteiger partial charge in [-0.25, -0.2) is 9.97 Å². The number of amides is 5. The fourth-order valence-electron chi connectivity index (χ4n) is 7.77. The third kappa shape index (κ3) is 11.0. The van der Waals surface area contributed by atoms with Gasteiger partial charge in [-0.3, -0.25) is 38.9 Å². The summed E-state index contributed by atoms with van der Waals surface area (Å²) >= 11 is 6.55. The predicted molar refractivity (Wildman–Crippen MR) is 220 cm³/mol. The zero-order valence-electron chi connectivity index (χ0n) is 33.8. The van der Waals surface area contributed by atoms with Crippen molar-refractivity contribution in [2.24, 2.45) is 13.0 Å².